The van der Waals surface area contributed by atoms with Crippen molar-refractivity contribution in [1.82, 2.24) is 0 Å². The van der Waals surface area contributed by atoms with Crippen molar-refractivity contribution in [3.8, 4) is 5.75 Å². The Kier molecular flexibility index (Phi) is 5.02. The fraction of sp³-hybridized carbons (Fsp3) is 0.125. The molecule has 0 fully saturated rings. The summed E-state index contributed by atoms with van der Waals surface area (Å²) in [6, 6.07) is 4.74. The van der Waals surface area contributed by atoms with E-state index in [1.807, 2.05) is 0 Å². The minimum Gasteiger partial charge on any atom is -0.508 e. The molecule has 1 aromatic carbocycles. The molecule has 1 rings (SSSR count). The van der Waals surface area contributed by atoms with Gasteiger partial charge in [-0.2, -0.15) is 0 Å². The van der Waals surface area contributed by atoms with Gasteiger partial charge in [0, 0.05) is 29.6 Å². The van der Waals surface area contributed by atoms with E-state index in [1.54, 1.807) is 0 Å². The molecular weight excluding hydrogens is 181 g/mol. The summed E-state index contributed by atoms with van der Waals surface area (Å²) in [6.45, 7) is 0. The summed E-state index contributed by atoms with van der Waals surface area (Å²) in [4.78, 5) is 10.4. The van der Waals surface area contributed by atoms with E-state index in [4.69, 9.17) is 15.9 Å². The third kappa shape index (κ3) is 3.36. The Morgan fingerprint density at radius 1 is 1.31 bits per heavy atom. The van der Waals surface area contributed by atoms with Crippen LogP contribution in [0.5, 0.6) is 5.75 Å². The Morgan fingerprint density at radius 3 is 2.15 bits per heavy atom. The Labute approximate surface area is 97.7 Å². The maximum atomic E-state index is 10.4. The van der Waals surface area contributed by atoms with Crippen LogP contribution in [0.4, 0.5) is 0 Å². The number of carboxylic acid groups (broad SMARTS) is 1. The van der Waals surface area contributed by atoms with Gasteiger partial charge in [0.1, 0.15) is 11.8 Å². The second-order valence-electron chi connectivity index (χ2n) is 2.41. The molecule has 0 saturated heterocycles. The fourth-order valence-electron chi connectivity index (χ4n) is 0.824. The second kappa shape index (κ2) is 5.24. The van der Waals surface area contributed by atoms with Gasteiger partial charge >= 0.3 is 5.97 Å². The Hall–Kier alpha value is -0.550. The van der Waals surface area contributed by atoms with E-state index in [-0.39, 0.29) is 35.3 Å². The largest absolute Gasteiger partial charge is 0.508 e. The second-order valence-corrected chi connectivity index (χ2v) is 2.41. The van der Waals surface area contributed by atoms with Crippen LogP contribution in [-0.2, 0) is 4.79 Å². The van der Waals surface area contributed by atoms with E-state index in [2.05, 4.69) is 0 Å². The molecule has 5 heteroatoms. The molecule has 1 atom stereocenters. The minimum absolute atomic E-state index is 0. The van der Waals surface area contributed by atoms with E-state index in [0.717, 1.165) is 0 Å². The van der Waals surface area contributed by atoms with E-state index in [0.29, 0.717) is 5.56 Å². The van der Waals surface area contributed by atoms with Gasteiger partial charge in [0.25, 0.3) is 0 Å². The van der Waals surface area contributed by atoms with E-state index < -0.39 is 12.0 Å². The van der Waals surface area contributed by atoms with Gasteiger partial charge in [-0.1, -0.05) is 12.1 Å². The zero-order valence-corrected chi connectivity index (χ0v) is 9.27. The van der Waals surface area contributed by atoms with Gasteiger partial charge in [-0.25, -0.2) is 0 Å². The van der Waals surface area contributed by atoms with Crippen LogP contribution in [0.1, 0.15) is 11.6 Å². The van der Waals surface area contributed by atoms with Crippen LogP contribution in [0, 0.1) is 0 Å². The number of aromatic hydroxyl groups is 1. The minimum atomic E-state index is -1.08. The van der Waals surface area contributed by atoms with Crippen LogP contribution in [0.3, 0.4) is 0 Å². The molecule has 1 radical (unpaired) electrons. The Morgan fingerprint density at radius 2 is 1.77 bits per heavy atom. The standard InChI is InChI=1S/C8H9NO3.Na/c9-7(8(11)12)5-1-3-6(10)4-2-5;/h1-4,7,10H,9H2,(H,11,12);/t7-;/m1./s1. The molecule has 4 N–H and O–H groups in total. The molecule has 4 nitrogen and oxygen atoms in total. The van der Waals surface area contributed by atoms with Crippen molar-refractivity contribution >= 4 is 35.5 Å². The van der Waals surface area contributed by atoms with Crippen LogP contribution in [0.15, 0.2) is 24.3 Å². The van der Waals surface area contributed by atoms with Gasteiger partial charge in [0.2, 0.25) is 0 Å². The molecule has 65 valence electrons. The van der Waals surface area contributed by atoms with Crippen molar-refractivity contribution in [3.63, 3.8) is 0 Å². The first kappa shape index (κ1) is 12.4. The number of aliphatic carboxylic acids is 1. The predicted molar refractivity (Wildman–Crippen MR) is 48.4 cm³/mol. The van der Waals surface area contributed by atoms with E-state index in [9.17, 15) is 4.79 Å². The molecule has 0 aliphatic heterocycles. The molecule has 0 unspecified atom stereocenters. The monoisotopic (exact) mass is 190 g/mol. The first-order valence-corrected chi connectivity index (χ1v) is 3.38. The average molecular weight is 190 g/mol. The van der Waals surface area contributed by atoms with Crippen molar-refractivity contribution in [1.29, 1.82) is 0 Å². The zero-order chi connectivity index (χ0) is 9.14. The third-order valence-electron chi connectivity index (χ3n) is 1.52. The van der Waals surface area contributed by atoms with Crippen molar-refractivity contribution in [3.05, 3.63) is 29.8 Å². The van der Waals surface area contributed by atoms with Gasteiger partial charge in [-0.15, -0.1) is 0 Å². The summed E-state index contributed by atoms with van der Waals surface area (Å²) in [6.07, 6.45) is 0. The summed E-state index contributed by atoms with van der Waals surface area (Å²) in [5, 5.41) is 17.4. The number of carboxylic acids is 1. The average Bonchev–Trinajstić information content (AvgIpc) is 2.04. The van der Waals surface area contributed by atoms with Gasteiger partial charge in [0.05, 0.1) is 0 Å². The fourth-order valence-corrected chi connectivity index (χ4v) is 0.824. The molecule has 1 aromatic rings. The molecule has 0 bridgehead atoms. The zero-order valence-electron chi connectivity index (χ0n) is 7.27. The maximum absolute atomic E-state index is 10.4. The smallest absolute Gasteiger partial charge is 0.325 e. The number of carbonyl (C=O) groups is 1. The molecule has 0 saturated carbocycles. The first-order chi connectivity index (χ1) is 5.61. The van der Waals surface area contributed by atoms with Crippen LogP contribution in [-0.4, -0.2) is 45.7 Å². The molecule has 0 amide bonds. The molecule has 0 spiro atoms. The Balaban J connectivity index is 0.00000144. The topological polar surface area (TPSA) is 83.6 Å². The van der Waals surface area contributed by atoms with E-state index >= 15 is 0 Å². The number of hydrogen-bond acceptors (Lipinski definition) is 3. The predicted octanol–water partition coefficient (Wildman–Crippen LogP) is 0.0958. The third-order valence-corrected chi connectivity index (χ3v) is 1.52. The van der Waals surface area contributed by atoms with Gasteiger partial charge in [-0.3, -0.25) is 4.79 Å². The van der Waals surface area contributed by atoms with Crippen molar-refractivity contribution in [2.75, 3.05) is 0 Å². The number of phenolic OH excluding ortho intramolecular Hbond substituents is 1. The summed E-state index contributed by atoms with van der Waals surface area (Å²) < 4.78 is 0. The molecule has 0 aliphatic carbocycles. The van der Waals surface area contributed by atoms with Crippen LogP contribution in [0.25, 0.3) is 0 Å². The first-order valence-electron chi connectivity index (χ1n) is 3.38. The number of phenols is 1. The SMILES string of the molecule is N[C@@H](C(=O)O)c1ccc(O)cc1.[Na]. The number of benzene rings is 1. The van der Waals surface area contributed by atoms with Gasteiger partial charge in [0.15, 0.2) is 0 Å². The summed E-state index contributed by atoms with van der Waals surface area (Å²) in [7, 11) is 0. The summed E-state index contributed by atoms with van der Waals surface area (Å²) >= 11 is 0. The van der Waals surface area contributed by atoms with Crippen LogP contribution in [0.2, 0.25) is 0 Å². The number of hydrogen-bond donors (Lipinski definition) is 3. The van der Waals surface area contributed by atoms with Crippen molar-refractivity contribution < 1.29 is 15.0 Å². The molecule has 0 heterocycles. The van der Waals surface area contributed by atoms with Crippen LogP contribution < -0.4 is 5.73 Å². The quantitative estimate of drug-likeness (QED) is 0.577. The summed E-state index contributed by atoms with van der Waals surface area (Å²) in [5.74, 6) is -0.989. The van der Waals surface area contributed by atoms with Gasteiger partial charge < -0.3 is 15.9 Å². The number of nitrogens with two attached hydrogens (primary N) is 1. The van der Waals surface area contributed by atoms with E-state index in [1.165, 1.54) is 24.3 Å². The molecular formula is C8H9NNaO3. The maximum Gasteiger partial charge on any atom is 0.325 e. The van der Waals surface area contributed by atoms with Gasteiger partial charge in [-0.05, 0) is 17.7 Å². The molecule has 13 heavy (non-hydrogen) atoms. The van der Waals surface area contributed by atoms with Crippen molar-refractivity contribution in [2.45, 2.75) is 6.04 Å². The normalized spacial score (nSPS) is 11.5. The number of rotatable bonds is 2. The Bertz CT molecular complexity index is 286. The molecule has 0 aliphatic rings. The molecule has 0 aromatic heterocycles. The van der Waals surface area contributed by atoms with Crippen molar-refractivity contribution in [2.24, 2.45) is 5.73 Å². The van der Waals surface area contributed by atoms with Crippen LogP contribution >= 0.6 is 0 Å². The summed E-state index contributed by atoms with van der Waals surface area (Å²) in [5.41, 5.74) is 5.78.